The van der Waals surface area contributed by atoms with Crippen molar-refractivity contribution < 1.29 is 9.84 Å². The van der Waals surface area contributed by atoms with E-state index in [4.69, 9.17) is 4.74 Å². The number of fused-ring (bicyclic) bond motifs is 1. The normalized spacial score (nSPS) is 24.5. The minimum atomic E-state index is 0.175. The van der Waals surface area contributed by atoms with Crippen molar-refractivity contribution in [3.63, 3.8) is 0 Å². The van der Waals surface area contributed by atoms with E-state index in [2.05, 4.69) is 22.4 Å². The predicted octanol–water partition coefficient (Wildman–Crippen LogP) is 2.52. The van der Waals surface area contributed by atoms with Gasteiger partial charge in [0.05, 0.1) is 12.6 Å². The van der Waals surface area contributed by atoms with Crippen LogP contribution in [0.5, 0.6) is 11.5 Å². The highest BCUT2D eigenvalue weighted by molar-refractivity contribution is 5.90. The average molecular weight is 303 g/mol. The molecule has 3 rings (SSSR count). The van der Waals surface area contributed by atoms with Crippen LogP contribution >= 0.6 is 0 Å². The average Bonchev–Trinajstić information content (AvgIpc) is 2.93. The van der Waals surface area contributed by atoms with E-state index in [1.54, 1.807) is 6.07 Å². The lowest BCUT2D eigenvalue weighted by Crippen LogP contribution is -2.42. The van der Waals surface area contributed by atoms with Gasteiger partial charge in [-0.3, -0.25) is 0 Å². The summed E-state index contributed by atoms with van der Waals surface area (Å²) < 4.78 is 5.51. The van der Waals surface area contributed by atoms with Crippen molar-refractivity contribution in [1.29, 1.82) is 0 Å². The zero-order valence-electron chi connectivity index (χ0n) is 13.4. The second-order valence-corrected chi connectivity index (χ2v) is 6.03. The lowest BCUT2D eigenvalue weighted by molar-refractivity contribution is 0.228. The van der Waals surface area contributed by atoms with Gasteiger partial charge in [-0.15, -0.1) is 0 Å². The summed E-state index contributed by atoms with van der Waals surface area (Å²) >= 11 is 0. The van der Waals surface area contributed by atoms with Crippen LogP contribution in [0.1, 0.15) is 38.3 Å². The molecule has 5 heteroatoms. The van der Waals surface area contributed by atoms with Gasteiger partial charge in [0.2, 0.25) is 0 Å². The molecule has 0 saturated carbocycles. The SMILES string of the molecule is CCCN1CCC2=NNC(c3ccc(O)c(OCC)c3)C2C1. The monoisotopic (exact) mass is 303 g/mol. The van der Waals surface area contributed by atoms with Gasteiger partial charge in [0.1, 0.15) is 0 Å². The minimum Gasteiger partial charge on any atom is -0.504 e. The van der Waals surface area contributed by atoms with Crippen LogP contribution < -0.4 is 10.2 Å². The first-order valence-electron chi connectivity index (χ1n) is 8.23. The van der Waals surface area contributed by atoms with E-state index in [1.165, 1.54) is 12.1 Å². The summed E-state index contributed by atoms with van der Waals surface area (Å²) in [5, 5.41) is 14.4. The zero-order chi connectivity index (χ0) is 15.5. The maximum Gasteiger partial charge on any atom is 0.161 e. The van der Waals surface area contributed by atoms with E-state index >= 15 is 0 Å². The number of phenols is 1. The van der Waals surface area contributed by atoms with E-state index in [1.807, 2.05) is 19.1 Å². The van der Waals surface area contributed by atoms with Gasteiger partial charge in [0.25, 0.3) is 0 Å². The van der Waals surface area contributed by atoms with E-state index in [0.717, 1.165) is 31.6 Å². The van der Waals surface area contributed by atoms with Crippen molar-refractivity contribution in [2.45, 2.75) is 32.7 Å². The Labute approximate surface area is 132 Å². The molecule has 2 atom stereocenters. The Kier molecular flexibility index (Phi) is 4.52. The van der Waals surface area contributed by atoms with Crippen LogP contribution in [-0.2, 0) is 0 Å². The van der Waals surface area contributed by atoms with Crippen LogP contribution in [0.3, 0.4) is 0 Å². The Morgan fingerprint density at radius 2 is 2.27 bits per heavy atom. The smallest absolute Gasteiger partial charge is 0.161 e. The first-order chi connectivity index (χ1) is 10.7. The van der Waals surface area contributed by atoms with Crippen molar-refractivity contribution in [2.75, 3.05) is 26.2 Å². The number of rotatable bonds is 5. The molecule has 1 fully saturated rings. The molecular weight excluding hydrogens is 278 g/mol. The van der Waals surface area contributed by atoms with Crippen LogP contribution in [0.4, 0.5) is 0 Å². The second-order valence-electron chi connectivity index (χ2n) is 6.03. The molecule has 0 spiro atoms. The van der Waals surface area contributed by atoms with Crippen LogP contribution in [0.2, 0.25) is 0 Å². The summed E-state index contributed by atoms with van der Waals surface area (Å²) in [6.07, 6.45) is 2.23. The first kappa shape index (κ1) is 15.2. The molecule has 120 valence electrons. The molecule has 0 aromatic heterocycles. The van der Waals surface area contributed by atoms with E-state index < -0.39 is 0 Å². The largest absolute Gasteiger partial charge is 0.504 e. The summed E-state index contributed by atoms with van der Waals surface area (Å²) in [5.74, 6) is 1.16. The van der Waals surface area contributed by atoms with Crippen molar-refractivity contribution in [1.82, 2.24) is 10.3 Å². The van der Waals surface area contributed by atoms with Crippen molar-refractivity contribution >= 4 is 5.71 Å². The second kappa shape index (κ2) is 6.57. The van der Waals surface area contributed by atoms with Gasteiger partial charge >= 0.3 is 0 Å². The van der Waals surface area contributed by atoms with Gasteiger partial charge < -0.3 is 20.2 Å². The fourth-order valence-corrected chi connectivity index (χ4v) is 3.43. The van der Waals surface area contributed by atoms with Crippen LogP contribution in [0, 0.1) is 5.92 Å². The van der Waals surface area contributed by atoms with E-state index in [9.17, 15) is 5.11 Å². The number of hydrogen-bond donors (Lipinski definition) is 2. The van der Waals surface area contributed by atoms with Gasteiger partial charge in [-0.25, -0.2) is 0 Å². The number of ether oxygens (including phenoxy) is 1. The maximum atomic E-state index is 9.87. The number of nitrogens with zero attached hydrogens (tertiary/aromatic N) is 2. The van der Waals surface area contributed by atoms with Crippen molar-refractivity contribution in [3.05, 3.63) is 23.8 Å². The Morgan fingerprint density at radius 1 is 1.41 bits per heavy atom. The van der Waals surface area contributed by atoms with Crippen molar-refractivity contribution in [3.8, 4) is 11.5 Å². The summed E-state index contributed by atoms with van der Waals surface area (Å²) in [6, 6.07) is 5.79. The molecule has 0 amide bonds. The van der Waals surface area contributed by atoms with Gasteiger partial charge in [0.15, 0.2) is 11.5 Å². The Hall–Kier alpha value is -1.75. The fourth-order valence-electron chi connectivity index (χ4n) is 3.43. The third-order valence-electron chi connectivity index (χ3n) is 4.50. The molecule has 2 heterocycles. The predicted molar refractivity (Wildman–Crippen MR) is 87.4 cm³/mol. The van der Waals surface area contributed by atoms with Gasteiger partial charge in [-0.05, 0) is 37.6 Å². The highest BCUT2D eigenvalue weighted by Crippen LogP contribution is 2.36. The fraction of sp³-hybridized carbons (Fsp3) is 0.588. The number of aromatic hydroxyl groups is 1. The standard InChI is InChI=1S/C17H25N3O2/c1-3-8-20-9-7-14-13(11-20)17(19-18-14)12-5-6-15(21)16(10-12)22-4-2/h5-6,10,13,17,19,21H,3-4,7-9,11H2,1-2H3. The highest BCUT2D eigenvalue weighted by atomic mass is 16.5. The molecule has 2 aliphatic rings. The Bertz CT molecular complexity index is 559. The molecule has 1 aromatic carbocycles. The van der Waals surface area contributed by atoms with Gasteiger partial charge in [0, 0.05) is 31.1 Å². The molecule has 5 nitrogen and oxygen atoms in total. The third kappa shape index (κ3) is 2.90. The number of likely N-dealkylation sites (tertiary alicyclic amines) is 1. The zero-order valence-corrected chi connectivity index (χ0v) is 13.4. The number of hydrogen-bond acceptors (Lipinski definition) is 5. The molecular formula is C17H25N3O2. The molecule has 0 aliphatic carbocycles. The Morgan fingerprint density at radius 3 is 3.05 bits per heavy atom. The van der Waals surface area contributed by atoms with Crippen LogP contribution in [0.15, 0.2) is 23.3 Å². The number of hydrazone groups is 1. The van der Waals surface area contributed by atoms with Gasteiger partial charge in [-0.2, -0.15) is 5.10 Å². The number of phenolic OH excluding ortho intramolecular Hbond substituents is 1. The molecule has 1 aromatic rings. The summed E-state index contributed by atoms with van der Waals surface area (Å²) in [4.78, 5) is 2.52. The maximum absolute atomic E-state index is 9.87. The third-order valence-corrected chi connectivity index (χ3v) is 4.50. The quantitative estimate of drug-likeness (QED) is 0.877. The minimum absolute atomic E-state index is 0.175. The van der Waals surface area contributed by atoms with E-state index in [0.29, 0.717) is 18.3 Å². The molecule has 0 radical (unpaired) electrons. The first-order valence-corrected chi connectivity index (χ1v) is 8.23. The summed E-state index contributed by atoms with van der Waals surface area (Å²) in [7, 11) is 0. The molecule has 1 saturated heterocycles. The number of benzene rings is 1. The van der Waals surface area contributed by atoms with Crippen LogP contribution in [-0.4, -0.2) is 42.0 Å². The summed E-state index contributed by atoms with van der Waals surface area (Å²) in [5.41, 5.74) is 5.70. The van der Waals surface area contributed by atoms with Crippen molar-refractivity contribution in [2.24, 2.45) is 11.0 Å². The van der Waals surface area contributed by atoms with Gasteiger partial charge in [-0.1, -0.05) is 13.0 Å². The molecule has 22 heavy (non-hydrogen) atoms. The lowest BCUT2D eigenvalue weighted by atomic mass is 9.86. The number of nitrogens with one attached hydrogen (secondary N) is 1. The highest BCUT2D eigenvalue weighted by Gasteiger charge is 2.36. The molecule has 2 unspecified atom stereocenters. The lowest BCUT2D eigenvalue weighted by Gasteiger charge is -2.33. The van der Waals surface area contributed by atoms with Crippen LogP contribution in [0.25, 0.3) is 0 Å². The topological polar surface area (TPSA) is 57.1 Å². The molecule has 0 bridgehead atoms. The Balaban J connectivity index is 1.79. The molecule has 2 aliphatic heterocycles. The number of piperidine rings is 1. The molecule has 2 N–H and O–H groups in total. The van der Waals surface area contributed by atoms with E-state index in [-0.39, 0.29) is 11.8 Å². The summed E-state index contributed by atoms with van der Waals surface area (Å²) in [6.45, 7) is 8.00.